The van der Waals surface area contributed by atoms with Crippen LogP contribution in [0, 0.1) is 0 Å². The van der Waals surface area contributed by atoms with Gasteiger partial charge in [0, 0.05) is 12.7 Å². The first-order valence-corrected chi connectivity index (χ1v) is 4.17. The first kappa shape index (κ1) is 8.54. The summed E-state index contributed by atoms with van der Waals surface area (Å²) < 4.78 is 0. The maximum absolute atomic E-state index is 3.87. The average molecular weight is 191 g/mol. The van der Waals surface area contributed by atoms with Crippen LogP contribution in [0.5, 0.6) is 0 Å². The minimum atomic E-state index is 0.649. The van der Waals surface area contributed by atoms with E-state index in [0.717, 1.165) is 5.82 Å². The normalized spacial score (nSPS) is 10.0. The van der Waals surface area contributed by atoms with Crippen molar-refractivity contribution in [2.24, 2.45) is 0 Å². The van der Waals surface area contributed by atoms with E-state index in [2.05, 4.69) is 30.9 Å². The van der Waals surface area contributed by atoms with Crippen LogP contribution < -0.4 is 5.32 Å². The maximum Gasteiger partial charge on any atom is 0.162 e. The third-order valence-corrected chi connectivity index (χ3v) is 1.58. The molecule has 0 spiro atoms. The molecule has 2 aromatic rings. The molecule has 0 aliphatic carbocycles. The van der Waals surface area contributed by atoms with Gasteiger partial charge in [-0.3, -0.25) is 0 Å². The lowest BCUT2D eigenvalue weighted by atomic mass is 10.5. The molecule has 0 aliphatic rings. The Morgan fingerprint density at radius 1 is 1.36 bits per heavy atom. The summed E-state index contributed by atoms with van der Waals surface area (Å²) in [5, 5.41) is 21.9. The topological polar surface area (TPSA) is 81.4 Å². The highest BCUT2D eigenvalue weighted by molar-refractivity contribution is 5.30. The van der Waals surface area contributed by atoms with Gasteiger partial charge >= 0.3 is 0 Å². The molecule has 0 saturated carbocycles. The van der Waals surface area contributed by atoms with Gasteiger partial charge < -0.3 is 5.32 Å². The summed E-state index contributed by atoms with van der Waals surface area (Å²) in [5.74, 6) is 0.743. The molecular weight excluding hydrogens is 182 g/mol. The van der Waals surface area contributed by atoms with Crippen molar-refractivity contribution in [3.8, 4) is 0 Å². The Balaban J connectivity index is 1.79. The maximum atomic E-state index is 3.87. The number of aromatic nitrogens is 6. The molecule has 7 nitrogen and oxygen atoms in total. The molecule has 72 valence electrons. The summed E-state index contributed by atoms with van der Waals surface area (Å²) in [7, 11) is 0. The van der Waals surface area contributed by atoms with Crippen molar-refractivity contribution in [2.75, 3.05) is 11.9 Å². The van der Waals surface area contributed by atoms with Gasteiger partial charge in [0.15, 0.2) is 6.33 Å². The zero-order valence-corrected chi connectivity index (χ0v) is 7.41. The fourth-order valence-electron chi connectivity index (χ4n) is 0.971. The van der Waals surface area contributed by atoms with Crippen molar-refractivity contribution in [3.05, 3.63) is 24.7 Å². The first-order valence-electron chi connectivity index (χ1n) is 4.17. The lowest BCUT2D eigenvalue weighted by Gasteiger charge is -2.02. The van der Waals surface area contributed by atoms with Crippen LogP contribution in [-0.2, 0) is 6.54 Å². The van der Waals surface area contributed by atoms with E-state index in [9.17, 15) is 0 Å². The van der Waals surface area contributed by atoms with E-state index in [1.54, 1.807) is 6.20 Å². The molecule has 0 saturated heterocycles. The molecule has 2 aromatic heterocycles. The highest BCUT2D eigenvalue weighted by atomic mass is 15.6. The molecule has 0 bridgehead atoms. The highest BCUT2D eigenvalue weighted by Gasteiger charge is 1.94. The monoisotopic (exact) mass is 191 g/mol. The van der Waals surface area contributed by atoms with Crippen LogP contribution in [0.4, 0.5) is 5.82 Å². The predicted molar refractivity (Wildman–Crippen MR) is 48.3 cm³/mol. The van der Waals surface area contributed by atoms with Crippen LogP contribution in [-0.4, -0.2) is 36.9 Å². The molecule has 0 atom stereocenters. The number of nitrogens with one attached hydrogen (secondary N) is 1. The molecule has 0 unspecified atom stereocenters. The van der Waals surface area contributed by atoms with Crippen LogP contribution >= 0.6 is 0 Å². The van der Waals surface area contributed by atoms with Crippen LogP contribution in [0.25, 0.3) is 0 Å². The zero-order chi connectivity index (χ0) is 9.64. The van der Waals surface area contributed by atoms with Crippen molar-refractivity contribution in [1.82, 2.24) is 30.4 Å². The van der Waals surface area contributed by atoms with Crippen molar-refractivity contribution < 1.29 is 0 Å². The van der Waals surface area contributed by atoms with Crippen LogP contribution in [0.15, 0.2) is 24.7 Å². The van der Waals surface area contributed by atoms with E-state index in [0.29, 0.717) is 13.1 Å². The van der Waals surface area contributed by atoms with Gasteiger partial charge in [0.25, 0.3) is 0 Å². The zero-order valence-electron chi connectivity index (χ0n) is 7.41. The quantitative estimate of drug-likeness (QED) is 0.706. The Bertz CT molecular complexity index is 357. The van der Waals surface area contributed by atoms with E-state index >= 15 is 0 Å². The Hall–Kier alpha value is -2.05. The minimum absolute atomic E-state index is 0.649. The average Bonchev–Trinajstić information content (AvgIpc) is 2.72. The van der Waals surface area contributed by atoms with Crippen molar-refractivity contribution >= 4 is 5.82 Å². The van der Waals surface area contributed by atoms with E-state index < -0.39 is 0 Å². The summed E-state index contributed by atoms with van der Waals surface area (Å²) >= 11 is 0. The van der Waals surface area contributed by atoms with Crippen molar-refractivity contribution in [2.45, 2.75) is 6.54 Å². The van der Waals surface area contributed by atoms with Gasteiger partial charge in [-0.25, -0.2) is 0 Å². The molecule has 0 aliphatic heterocycles. The number of nitrogens with zero attached hydrogens (tertiary/aromatic N) is 6. The summed E-state index contributed by atoms with van der Waals surface area (Å²) in [6.45, 7) is 1.34. The number of rotatable bonds is 4. The number of tetrazole rings is 1. The Kier molecular flexibility index (Phi) is 2.60. The second kappa shape index (κ2) is 4.26. The van der Waals surface area contributed by atoms with Crippen LogP contribution in [0.2, 0.25) is 0 Å². The Morgan fingerprint density at radius 2 is 2.36 bits per heavy atom. The third-order valence-electron chi connectivity index (χ3n) is 1.58. The molecule has 0 radical (unpaired) electrons. The summed E-state index contributed by atoms with van der Waals surface area (Å²) in [5.41, 5.74) is 0. The molecule has 2 rings (SSSR count). The lowest BCUT2D eigenvalue weighted by molar-refractivity contribution is 0.538. The van der Waals surface area contributed by atoms with Gasteiger partial charge in [-0.1, -0.05) is 0 Å². The number of hydrogen-bond donors (Lipinski definition) is 1. The summed E-state index contributed by atoms with van der Waals surface area (Å²) in [6, 6.07) is 3.67. The number of anilines is 1. The second-order valence-corrected chi connectivity index (χ2v) is 2.57. The fraction of sp³-hybridized carbons (Fsp3) is 0.286. The van der Waals surface area contributed by atoms with Crippen molar-refractivity contribution in [3.63, 3.8) is 0 Å². The van der Waals surface area contributed by atoms with Gasteiger partial charge in [-0.2, -0.15) is 9.90 Å². The smallest absolute Gasteiger partial charge is 0.162 e. The predicted octanol–water partition coefficient (Wildman–Crippen LogP) is -0.425. The van der Waals surface area contributed by atoms with Gasteiger partial charge in [0.1, 0.15) is 5.82 Å². The number of hydrogen-bond acceptors (Lipinski definition) is 6. The summed E-state index contributed by atoms with van der Waals surface area (Å²) in [4.78, 5) is 1.50. The third kappa shape index (κ3) is 2.22. The molecule has 2 heterocycles. The molecule has 0 amide bonds. The standard InChI is InChI=1S/C7H9N7/c1-2-7(12-9-3-1)8-4-5-14-11-6-10-13-14/h1-3,6H,4-5H2,(H,8,12). The molecule has 1 N–H and O–H groups in total. The summed E-state index contributed by atoms with van der Waals surface area (Å²) in [6.07, 6.45) is 3.03. The van der Waals surface area contributed by atoms with E-state index in [4.69, 9.17) is 0 Å². The highest BCUT2D eigenvalue weighted by Crippen LogP contribution is 1.96. The van der Waals surface area contributed by atoms with Gasteiger partial charge in [0.2, 0.25) is 0 Å². The lowest BCUT2D eigenvalue weighted by Crippen LogP contribution is -2.13. The van der Waals surface area contributed by atoms with Gasteiger partial charge in [0.05, 0.1) is 6.54 Å². The van der Waals surface area contributed by atoms with Crippen molar-refractivity contribution in [1.29, 1.82) is 0 Å². The van der Waals surface area contributed by atoms with E-state index in [1.807, 2.05) is 12.1 Å². The largest absolute Gasteiger partial charge is 0.367 e. The second-order valence-electron chi connectivity index (χ2n) is 2.57. The molecule has 14 heavy (non-hydrogen) atoms. The fourth-order valence-corrected chi connectivity index (χ4v) is 0.971. The van der Waals surface area contributed by atoms with Gasteiger partial charge in [-0.15, -0.1) is 15.3 Å². The Morgan fingerprint density at radius 3 is 3.07 bits per heavy atom. The minimum Gasteiger partial charge on any atom is -0.367 e. The molecule has 0 fully saturated rings. The van der Waals surface area contributed by atoms with Crippen LogP contribution in [0.1, 0.15) is 0 Å². The first-order chi connectivity index (χ1) is 6.95. The SMILES string of the molecule is c1cnnc(NCCn2ncnn2)c1. The van der Waals surface area contributed by atoms with E-state index in [1.165, 1.54) is 11.1 Å². The van der Waals surface area contributed by atoms with Gasteiger partial charge in [-0.05, 0) is 17.3 Å². The molecule has 7 heteroatoms. The van der Waals surface area contributed by atoms with Crippen LogP contribution in [0.3, 0.4) is 0 Å². The molecule has 0 aromatic carbocycles. The Labute approximate surface area is 80.2 Å². The molecular formula is C7H9N7. The van der Waals surface area contributed by atoms with E-state index in [-0.39, 0.29) is 0 Å².